The number of rotatable bonds is 4. The van der Waals surface area contributed by atoms with Crippen LogP contribution in [0.5, 0.6) is 0 Å². The Balaban J connectivity index is 2.55. The first kappa shape index (κ1) is 12.9. The monoisotopic (exact) mass is 249 g/mol. The minimum absolute atomic E-state index is 0.705. The van der Waals surface area contributed by atoms with E-state index in [-0.39, 0.29) is 0 Å². The molecule has 0 aliphatic rings. The van der Waals surface area contributed by atoms with Crippen molar-refractivity contribution in [1.82, 2.24) is 9.97 Å². The molecule has 0 aromatic carbocycles. The Morgan fingerprint density at radius 2 is 2.05 bits per heavy atom. The van der Waals surface area contributed by atoms with Gasteiger partial charge >= 0.3 is 0 Å². The molecule has 94 valence electrons. The van der Waals surface area contributed by atoms with Gasteiger partial charge in [0.2, 0.25) is 0 Å². The zero-order valence-electron chi connectivity index (χ0n) is 10.9. The molecule has 2 aromatic heterocycles. The van der Waals surface area contributed by atoms with Crippen LogP contribution in [-0.4, -0.2) is 15.7 Å². The van der Waals surface area contributed by atoms with E-state index in [9.17, 15) is 0 Å². The number of aliphatic imine (C=N–C) groups is 1. The Kier molecular flexibility index (Phi) is 3.98. The fourth-order valence-electron chi connectivity index (χ4n) is 1.77. The van der Waals surface area contributed by atoms with Crippen molar-refractivity contribution in [1.29, 1.82) is 0 Å². The lowest BCUT2D eigenvalue weighted by molar-refractivity contribution is 1.21. The average molecular weight is 249 g/mol. The van der Waals surface area contributed by atoms with Gasteiger partial charge in [0.25, 0.3) is 0 Å². The molecule has 0 unspecified atom stereocenters. The van der Waals surface area contributed by atoms with Crippen LogP contribution in [0.25, 0.3) is 11.4 Å². The normalized spacial score (nSPS) is 11.1. The fraction of sp³-hybridized carbons (Fsp3) is 0.0625. The number of hydrogen-bond donors (Lipinski definition) is 0. The molecule has 2 heterocycles. The molecule has 0 bridgehead atoms. The van der Waals surface area contributed by atoms with E-state index in [2.05, 4.69) is 28.1 Å². The van der Waals surface area contributed by atoms with Crippen LogP contribution >= 0.6 is 0 Å². The molecule has 0 N–H and O–H groups in total. The minimum atomic E-state index is 0.705. The maximum absolute atomic E-state index is 4.58. The number of nitrogens with zero attached hydrogens (tertiary/aromatic N) is 3. The van der Waals surface area contributed by atoms with Gasteiger partial charge in [-0.2, -0.15) is 0 Å². The van der Waals surface area contributed by atoms with Crippen molar-refractivity contribution in [2.75, 3.05) is 0 Å². The molecule has 0 fully saturated rings. The summed E-state index contributed by atoms with van der Waals surface area (Å²) in [5, 5.41) is 0. The second-order valence-electron chi connectivity index (χ2n) is 4.03. The Labute approximate surface area is 113 Å². The van der Waals surface area contributed by atoms with Gasteiger partial charge < -0.3 is 0 Å². The highest BCUT2D eigenvalue weighted by atomic mass is 14.8. The molecule has 0 amide bonds. The van der Waals surface area contributed by atoms with Crippen LogP contribution in [0.15, 0.2) is 67.0 Å². The van der Waals surface area contributed by atoms with Crippen LogP contribution in [0.3, 0.4) is 0 Å². The molecule has 0 aliphatic heterocycles. The first-order valence-corrected chi connectivity index (χ1v) is 5.96. The van der Waals surface area contributed by atoms with Crippen LogP contribution in [0.4, 0.5) is 0 Å². The van der Waals surface area contributed by atoms with E-state index in [1.54, 1.807) is 12.3 Å². The summed E-state index contributed by atoms with van der Waals surface area (Å²) < 4.78 is 0. The zero-order valence-corrected chi connectivity index (χ0v) is 10.9. The summed E-state index contributed by atoms with van der Waals surface area (Å²) in [6, 6.07) is 9.73. The summed E-state index contributed by atoms with van der Waals surface area (Å²) in [6.45, 7) is 9.38. The van der Waals surface area contributed by atoms with Crippen molar-refractivity contribution in [2.24, 2.45) is 4.99 Å². The summed E-state index contributed by atoms with van der Waals surface area (Å²) >= 11 is 0. The molecular formula is C16H15N3. The number of pyridine rings is 2. The third-order valence-electron chi connectivity index (χ3n) is 2.58. The largest absolute Gasteiger partial charge is 0.255 e. The van der Waals surface area contributed by atoms with E-state index < -0.39 is 0 Å². The standard InChI is InChI=1S/C16H15N3/c1-4-13(17-5-2)15-10-12(3)11-16(19-15)14-8-6-7-9-18-14/h4-11H,1-2H2,3H3. The molecule has 0 atom stereocenters. The first-order chi connectivity index (χ1) is 9.24. The molecule has 0 radical (unpaired) electrons. The third kappa shape index (κ3) is 3.01. The average Bonchev–Trinajstić information content (AvgIpc) is 2.45. The Morgan fingerprint density at radius 1 is 1.21 bits per heavy atom. The smallest absolute Gasteiger partial charge is 0.0896 e. The lowest BCUT2D eigenvalue weighted by Gasteiger charge is -2.06. The van der Waals surface area contributed by atoms with Crippen molar-refractivity contribution in [3.8, 4) is 11.4 Å². The molecule has 0 aliphatic carbocycles. The van der Waals surface area contributed by atoms with Crippen LogP contribution in [0.1, 0.15) is 11.3 Å². The highest BCUT2D eigenvalue weighted by Crippen LogP contribution is 2.17. The maximum Gasteiger partial charge on any atom is 0.0896 e. The summed E-state index contributed by atoms with van der Waals surface area (Å²) in [5.41, 5.74) is 4.25. The van der Waals surface area contributed by atoms with E-state index in [0.717, 1.165) is 22.6 Å². The fourth-order valence-corrected chi connectivity index (χ4v) is 1.77. The van der Waals surface area contributed by atoms with Gasteiger partial charge in [0, 0.05) is 12.4 Å². The van der Waals surface area contributed by atoms with Gasteiger partial charge in [-0.25, -0.2) is 4.98 Å². The van der Waals surface area contributed by atoms with Gasteiger partial charge in [0.1, 0.15) is 0 Å². The quantitative estimate of drug-likeness (QED) is 0.777. The first-order valence-electron chi connectivity index (χ1n) is 5.96. The molecule has 3 heteroatoms. The van der Waals surface area contributed by atoms with Gasteiger partial charge in [0.15, 0.2) is 0 Å². The predicted molar refractivity (Wildman–Crippen MR) is 79.1 cm³/mol. The van der Waals surface area contributed by atoms with Gasteiger partial charge in [-0.1, -0.05) is 19.2 Å². The Morgan fingerprint density at radius 3 is 2.68 bits per heavy atom. The van der Waals surface area contributed by atoms with E-state index in [4.69, 9.17) is 0 Å². The van der Waals surface area contributed by atoms with E-state index in [0.29, 0.717) is 5.71 Å². The van der Waals surface area contributed by atoms with E-state index in [1.807, 2.05) is 37.3 Å². The Hall–Kier alpha value is -2.55. The molecular weight excluding hydrogens is 234 g/mol. The predicted octanol–water partition coefficient (Wildman–Crippen LogP) is 3.57. The SMILES string of the molecule is C=CN=C(C=C)c1cc(C)cc(-c2ccccn2)n1. The van der Waals surface area contributed by atoms with Crippen LogP contribution in [0.2, 0.25) is 0 Å². The zero-order chi connectivity index (χ0) is 13.7. The lowest BCUT2D eigenvalue weighted by Crippen LogP contribution is -2.02. The van der Waals surface area contributed by atoms with Crippen molar-refractivity contribution >= 4 is 5.71 Å². The molecule has 2 aromatic rings. The molecule has 0 saturated heterocycles. The van der Waals surface area contributed by atoms with Crippen molar-refractivity contribution in [3.63, 3.8) is 0 Å². The molecule has 0 saturated carbocycles. The summed E-state index contributed by atoms with van der Waals surface area (Å²) in [5.74, 6) is 0. The van der Waals surface area contributed by atoms with Crippen molar-refractivity contribution in [2.45, 2.75) is 6.92 Å². The summed E-state index contributed by atoms with van der Waals surface area (Å²) in [4.78, 5) is 13.1. The van der Waals surface area contributed by atoms with Crippen molar-refractivity contribution in [3.05, 3.63) is 73.2 Å². The minimum Gasteiger partial charge on any atom is -0.255 e. The number of aromatic nitrogens is 2. The number of aryl methyl sites for hydroxylation is 1. The maximum atomic E-state index is 4.58. The highest BCUT2D eigenvalue weighted by Gasteiger charge is 2.06. The molecule has 19 heavy (non-hydrogen) atoms. The van der Waals surface area contributed by atoms with E-state index in [1.165, 1.54) is 6.20 Å². The Bertz CT molecular complexity index is 628. The number of allylic oxidation sites excluding steroid dienone is 1. The second kappa shape index (κ2) is 5.87. The van der Waals surface area contributed by atoms with Gasteiger partial charge in [-0.3, -0.25) is 9.98 Å². The van der Waals surface area contributed by atoms with E-state index >= 15 is 0 Å². The van der Waals surface area contributed by atoms with Gasteiger partial charge in [-0.15, -0.1) is 0 Å². The highest BCUT2D eigenvalue weighted by molar-refractivity contribution is 6.07. The lowest BCUT2D eigenvalue weighted by atomic mass is 10.1. The molecule has 3 nitrogen and oxygen atoms in total. The molecule has 0 spiro atoms. The van der Waals surface area contributed by atoms with Crippen LogP contribution in [-0.2, 0) is 0 Å². The number of hydrogen-bond acceptors (Lipinski definition) is 3. The van der Waals surface area contributed by atoms with Crippen LogP contribution < -0.4 is 0 Å². The molecule has 2 rings (SSSR count). The van der Waals surface area contributed by atoms with Crippen molar-refractivity contribution < 1.29 is 0 Å². The summed E-state index contributed by atoms with van der Waals surface area (Å²) in [6.07, 6.45) is 4.92. The van der Waals surface area contributed by atoms with Gasteiger partial charge in [-0.05, 0) is 42.8 Å². The third-order valence-corrected chi connectivity index (χ3v) is 2.58. The summed E-state index contributed by atoms with van der Waals surface area (Å²) in [7, 11) is 0. The van der Waals surface area contributed by atoms with Crippen LogP contribution in [0, 0.1) is 6.92 Å². The topological polar surface area (TPSA) is 38.1 Å². The second-order valence-corrected chi connectivity index (χ2v) is 4.03. The van der Waals surface area contributed by atoms with Gasteiger partial charge in [0.05, 0.1) is 22.8 Å².